The second-order valence-corrected chi connectivity index (χ2v) is 5.82. The number of aryl methyl sites for hydroxylation is 2. The molecule has 24 heavy (non-hydrogen) atoms. The average molecular weight is 322 g/mol. The van der Waals surface area contributed by atoms with Crippen molar-refractivity contribution < 1.29 is 10.0 Å². The molecule has 0 atom stereocenters. The van der Waals surface area contributed by atoms with Crippen molar-refractivity contribution in [1.82, 2.24) is 4.98 Å². The molecule has 0 aliphatic heterocycles. The first-order valence-corrected chi connectivity index (χ1v) is 7.84. The zero-order chi connectivity index (χ0) is 17.1. The van der Waals surface area contributed by atoms with Crippen molar-refractivity contribution in [3.63, 3.8) is 0 Å². The molecule has 5 heteroatoms. The predicted octanol–water partition coefficient (Wildman–Crippen LogP) is 4.04. The molecule has 0 bridgehead atoms. The van der Waals surface area contributed by atoms with Gasteiger partial charge in [0.25, 0.3) is 5.69 Å². The normalized spacial score (nSPS) is 10.9. The maximum Gasteiger partial charge on any atom is 0.269 e. The van der Waals surface area contributed by atoms with Crippen molar-refractivity contribution in [1.29, 1.82) is 0 Å². The summed E-state index contributed by atoms with van der Waals surface area (Å²) >= 11 is 0. The Bertz CT molecular complexity index is 889. The van der Waals surface area contributed by atoms with Crippen LogP contribution in [0, 0.1) is 17.0 Å². The van der Waals surface area contributed by atoms with Gasteiger partial charge in [0.2, 0.25) is 0 Å². The van der Waals surface area contributed by atoms with E-state index in [1.165, 1.54) is 12.1 Å². The molecule has 122 valence electrons. The Balaban J connectivity index is 2.10. The van der Waals surface area contributed by atoms with Crippen LogP contribution in [0.1, 0.15) is 17.5 Å². The van der Waals surface area contributed by atoms with Crippen LogP contribution in [0.2, 0.25) is 0 Å². The van der Waals surface area contributed by atoms with Gasteiger partial charge in [0.15, 0.2) is 0 Å². The first kappa shape index (κ1) is 16.1. The maximum atomic E-state index is 10.8. The molecule has 1 N–H and O–H groups in total. The van der Waals surface area contributed by atoms with Gasteiger partial charge in [-0.05, 0) is 55.7 Å². The molecule has 0 aliphatic carbocycles. The number of aromatic nitrogens is 1. The van der Waals surface area contributed by atoms with Gasteiger partial charge in [0, 0.05) is 29.7 Å². The summed E-state index contributed by atoms with van der Waals surface area (Å²) in [6, 6.07) is 14.5. The van der Waals surface area contributed by atoms with Crippen molar-refractivity contribution in [2.24, 2.45) is 0 Å². The highest BCUT2D eigenvalue weighted by Gasteiger charge is 2.10. The topological polar surface area (TPSA) is 76.3 Å². The lowest BCUT2D eigenvalue weighted by Gasteiger charge is -2.10. The zero-order valence-corrected chi connectivity index (χ0v) is 13.4. The summed E-state index contributed by atoms with van der Waals surface area (Å²) in [6.45, 7) is 2.18. The monoisotopic (exact) mass is 322 g/mol. The van der Waals surface area contributed by atoms with Gasteiger partial charge in [-0.3, -0.25) is 10.1 Å². The van der Waals surface area contributed by atoms with E-state index in [4.69, 9.17) is 10.1 Å². The molecule has 0 aliphatic rings. The molecule has 0 unspecified atom stereocenters. The second kappa shape index (κ2) is 6.76. The van der Waals surface area contributed by atoms with E-state index in [-0.39, 0.29) is 12.3 Å². The SMILES string of the molecule is Cc1ccc2nc(-c3ccc([N+](=O)[O-])cc3)cc(CCCO)c2c1. The lowest BCUT2D eigenvalue weighted by molar-refractivity contribution is -0.384. The fraction of sp³-hybridized carbons (Fsp3) is 0.211. The smallest absolute Gasteiger partial charge is 0.269 e. The van der Waals surface area contributed by atoms with Crippen molar-refractivity contribution in [3.05, 3.63) is 69.8 Å². The Labute approximate surface area is 139 Å². The van der Waals surface area contributed by atoms with Crippen LogP contribution in [0.4, 0.5) is 5.69 Å². The number of nitro benzene ring substituents is 1. The van der Waals surface area contributed by atoms with Gasteiger partial charge in [-0.1, -0.05) is 11.6 Å². The first-order chi connectivity index (χ1) is 11.6. The highest BCUT2D eigenvalue weighted by atomic mass is 16.6. The Morgan fingerprint density at radius 1 is 1.12 bits per heavy atom. The summed E-state index contributed by atoms with van der Waals surface area (Å²) < 4.78 is 0. The van der Waals surface area contributed by atoms with Crippen LogP contribution in [-0.2, 0) is 6.42 Å². The van der Waals surface area contributed by atoms with Crippen LogP contribution < -0.4 is 0 Å². The minimum Gasteiger partial charge on any atom is -0.396 e. The van der Waals surface area contributed by atoms with E-state index in [0.29, 0.717) is 6.42 Å². The van der Waals surface area contributed by atoms with Gasteiger partial charge < -0.3 is 5.11 Å². The number of nitro groups is 1. The molecule has 0 saturated heterocycles. The molecule has 2 aromatic carbocycles. The van der Waals surface area contributed by atoms with Gasteiger partial charge in [-0.25, -0.2) is 4.98 Å². The number of hydrogen-bond donors (Lipinski definition) is 1. The van der Waals surface area contributed by atoms with E-state index < -0.39 is 4.92 Å². The summed E-state index contributed by atoms with van der Waals surface area (Å²) in [5, 5.41) is 21.0. The highest BCUT2D eigenvalue weighted by Crippen LogP contribution is 2.27. The summed E-state index contributed by atoms with van der Waals surface area (Å²) in [4.78, 5) is 15.1. The number of rotatable bonds is 5. The molecule has 3 aromatic rings. The quantitative estimate of drug-likeness (QED) is 0.568. The lowest BCUT2D eigenvalue weighted by atomic mass is 9.99. The van der Waals surface area contributed by atoms with Gasteiger partial charge in [0.1, 0.15) is 0 Å². The molecule has 0 radical (unpaired) electrons. The second-order valence-electron chi connectivity index (χ2n) is 5.82. The van der Waals surface area contributed by atoms with E-state index in [0.717, 1.165) is 39.7 Å². The Morgan fingerprint density at radius 2 is 1.88 bits per heavy atom. The minimum absolute atomic E-state index is 0.0654. The molecular weight excluding hydrogens is 304 g/mol. The highest BCUT2D eigenvalue weighted by molar-refractivity contribution is 5.86. The molecule has 1 heterocycles. The number of non-ortho nitro benzene ring substituents is 1. The number of benzene rings is 2. The molecule has 3 rings (SSSR count). The van der Waals surface area contributed by atoms with Crippen molar-refractivity contribution in [3.8, 4) is 11.3 Å². The third-order valence-corrected chi connectivity index (χ3v) is 4.03. The molecule has 5 nitrogen and oxygen atoms in total. The minimum atomic E-state index is -0.410. The van der Waals surface area contributed by atoms with Crippen LogP contribution in [0.5, 0.6) is 0 Å². The number of nitrogens with zero attached hydrogens (tertiary/aromatic N) is 2. The summed E-state index contributed by atoms with van der Waals surface area (Å²) in [5.41, 5.74) is 4.88. The number of hydrogen-bond acceptors (Lipinski definition) is 4. The average Bonchev–Trinajstić information content (AvgIpc) is 2.59. The third kappa shape index (κ3) is 3.26. The Kier molecular flexibility index (Phi) is 4.53. The van der Waals surface area contributed by atoms with E-state index >= 15 is 0 Å². The number of fused-ring (bicyclic) bond motifs is 1. The van der Waals surface area contributed by atoms with E-state index in [9.17, 15) is 10.1 Å². The van der Waals surface area contributed by atoms with E-state index in [2.05, 4.69) is 6.07 Å². The third-order valence-electron chi connectivity index (χ3n) is 4.03. The zero-order valence-electron chi connectivity index (χ0n) is 13.4. The molecule has 0 spiro atoms. The fourth-order valence-electron chi connectivity index (χ4n) is 2.79. The number of aliphatic hydroxyl groups excluding tert-OH is 1. The Morgan fingerprint density at radius 3 is 2.54 bits per heavy atom. The first-order valence-electron chi connectivity index (χ1n) is 7.84. The molecular formula is C19H18N2O3. The number of pyridine rings is 1. The maximum absolute atomic E-state index is 10.8. The van der Waals surface area contributed by atoms with Crippen molar-refractivity contribution in [2.45, 2.75) is 19.8 Å². The van der Waals surface area contributed by atoms with Crippen LogP contribution >= 0.6 is 0 Å². The predicted molar refractivity (Wildman–Crippen MR) is 94.0 cm³/mol. The number of aliphatic hydroxyl groups is 1. The van der Waals surface area contributed by atoms with E-state index in [1.54, 1.807) is 12.1 Å². The summed E-state index contributed by atoms with van der Waals surface area (Å²) in [5.74, 6) is 0. The van der Waals surface area contributed by atoms with Crippen LogP contribution in [0.3, 0.4) is 0 Å². The Hall–Kier alpha value is -2.79. The lowest BCUT2D eigenvalue weighted by Crippen LogP contribution is -1.96. The summed E-state index contributed by atoms with van der Waals surface area (Å²) in [7, 11) is 0. The van der Waals surface area contributed by atoms with Crippen LogP contribution in [0.25, 0.3) is 22.2 Å². The van der Waals surface area contributed by atoms with Crippen molar-refractivity contribution in [2.75, 3.05) is 6.61 Å². The largest absolute Gasteiger partial charge is 0.396 e. The standard InChI is InChI=1S/C19H18N2O3/c1-13-4-9-18-17(11-13)15(3-2-10-22)12-19(20-18)14-5-7-16(8-6-14)21(23)24/h4-9,11-12,22H,2-3,10H2,1H3. The summed E-state index contributed by atoms with van der Waals surface area (Å²) in [6.07, 6.45) is 1.45. The molecule has 1 aromatic heterocycles. The van der Waals surface area contributed by atoms with E-state index in [1.807, 2.05) is 25.1 Å². The fourth-order valence-corrected chi connectivity index (χ4v) is 2.79. The van der Waals surface area contributed by atoms with Crippen LogP contribution in [0.15, 0.2) is 48.5 Å². The molecule has 0 fully saturated rings. The van der Waals surface area contributed by atoms with Crippen LogP contribution in [-0.4, -0.2) is 21.6 Å². The van der Waals surface area contributed by atoms with Crippen molar-refractivity contribution >= 4 is 16.6 Å². The molecule has 0 saturated carbocycles. The van der Waals surface area contributed by atoms with Gasteiger partial charge >= 0.3 is 0 Å². The van der Waals surface area contributed by atoms with Gasteiger partial charge in [-0.2, -0.15) is 0 Å². The van der Waals surface area contributed by atoms with Gasteiger partial charge in [-0.15, -0.1) is 0 Å². The molecule has 0 amide bonds. The van der Waals surface area contributed by atoms with Gasteiger partial charge in [0.05, 0.1) is 16.1 Å².